The van der Waals surface area contributed by atoms with Crippen molar-refractivity contribution in [1.82, 2.24) is 15.5 Å². The van der Waals surface area contributed by atoms with Crippen molar-refractivity contribution in [3.8, 4) is 0 Å². The number of hydrogen-bond donors (Lipinski definition) is 1. The molecular weight excluding hydrogens is 274 g/mol. The molecule has 20 heavy (non-hydrogen) atoms. The first-order chi connectivity index (χ1) is 9.70. The quantitative estimate of drug-likeness (QED) is 0.918. The number of hydrogen-bond acceptors (Lipinski definition) is 6. The van der Waals surface area contributed by atoms with E-state index in [0.717, 1.165) is 25.9 Å². The van der Waals surface area contributed by atoms with Crippen LogP contribution in [0.4, 0.5) is 0 Å². The van der Waals surface area contributed by atoms with E-state index in [4.69, 9.17) is 9.26 Å². The Balaban J connectivity index is 1.44. The van der Waals surface area contributed by atoms with Gasteiger partial charge in [-0.05, 0) is 38.8 Å². The normalized spacial score (nSPS) is 22.5. The van der Waals surface area contributed by atoms with Crippen LogP contribution in [0.25, 0.3) is 0 Å². The van der Waals surface area contributed by atoms with Gasteiger partial charge in [-0.2, -0.15) is 4.98 Å². The van der Waals surface area contributed by atoms with Gasteiger partial charge in [-0.3, -0.25) is 0 Å². The molecule has 0 aliphatic carbocycles. The molecule has 1 aliphatic rings. The van der Waals surface area contributed by atoms with Gasteiger partial charge in [0.15, 0.2) is 5.82 Å². The Morgan fingerprint density at radius 1 is 1.35 bits per heavy atom. The topological polar surface area (TPSA) is 60.2 Å². The van der Waals surface area contributed by atoms with Crippen LogP contribution in [0.3, 0.4) is 0 Å². The molecule has 0 radical (unpaired) electrons. The molecule has 1 fully saturated rings. The molecule has 1 N–H and O–H groups in total. The van der Waals surface area contributed by atoms with Crippen molar-refractivity contribution in [2.75, 3.05) is 6.54 Å². The van der Waals surface area contributed by atoms with Crippen LogP contribution >= 0.6 is 11.3 Å². The Morgan fingerprint density at radius 2 is 2.25 bits per heavy atom. The van der Waals surface area contributed by atoms with E-state index in [1.54, 1.807) is 0 Å². The van der Waals surface area contributed by atoms with E-state index >= 15 is 0 Å². The molecule has 1 aliphatic heterocycles. The van der Waals surface area contributed by atoms with E-state index in [2.05, 4.69) is 34.5 Å². The molecule has 2 atom stereocenters. The standard InChI is InChI=1S/C14H19N3O2S/c1-9-3-5-12(20-9)8-15-7-11-4-6-13(18-11)14-16-10(2)17-19-14/h3,5,11,13,15H,4,6-8H2,1-2H3/t11-,13+/m1/s1. The zero-order chi connectivity index (χ0) is 13.9. The Bertz CT molecular complexity index is 566. The van der Waals surface area contributed by atoms with E-state index in [1.165, 1.54) is 9.75 Å². The summed E-state index contributed by atoms with van der Waals surface area (Å²) in [5, 5.41) is 7.26. The van der Waals surface area contributed by atoms with Crippen molar-refractivity contribution in [2.45, 2.75) is 45.4 Å². The van der Waals surface area contributed by atoms with Crippen LogP contribution in [-0.4, -0.2) is 22.8 Å². The lowest BCUT2D eigenvalue weighted by atomic mass is 10.2. The SMILES string of the molecule is Cc1noc([C@@H]2CC[C@H](CNCc3ccc(C)s3)O2)n1. The molecule has 0 aromatic carbocycles. The van der Waals surface area contributed by atoms with Crippen LogP contribution in [-0.2, 0) is 11.3 Å². The third-order valence-electron chi connectivity index (χ3n) is 3.39. The second-order valence-corrected chi connectivity index (χ2v) is 6.52. The van der Waals surface area contributed by atoms with Crippen LogP contribution in [0.2, 0.25) is 0 Å². The van der Waals surface area contributed by atoms with Crippen LogP contribution < -0.4 is 5.32 Å². The number of ether oxygens (including phenoxy) is 1. The molecule has 2 aromatic rings. The molecule has 1 saturated heterocycles. The van der Waals surface area contributed by atoms with E-state index in [-0.39, 0.29) is 12.2 Å². The lowest BCUT2D eigenvalue weighted by Gasteiger charge is -2.11. The molecule has 3 heterocycles. The fraction of sp³-hybridized carbons (Fsp3) is 0.571. The van der Waals surface area contributed by atoms with Gasteiger partial charge in [0, 0.05) is 22.8 Å². The van der Waals surface area contributed by atoms with Crippen LogP contribution in [0.5, 0.6) is 0 Å². The molecule has 3 rings (SSSR count). The fourth-order valence-electron chi connectivity index (χ4n) is 2.42. The number of aryl methyl sites for hydroxylation is 2. The van der Waals surface area contributed by atoms with Crippen LogP contribution in [0.1, 0.15) is 40.4 Å². The Kier molecular flexibility index (Phi) is 4.14. The van der Waals surface area contributed by atoms with Crippen molar-refractivity contribution in [3.05, 3.63) is 33.6 Å². The monoisotopic (exact) mass is 293 g/mol. The van der Waals surface area contributed by atoms with Crippen molar-refractivity contribution >= 4 is 11.3 Å². The molecule has 0 unspecified atom stereocenters. The maximum Gasteiger partial charge on any atom is 0.255 e. The Labute approximate surface area is 122 Å². The average molecular weight is 293 g/mol. The van der Waals surface area contributed by atoms with Gasteiger partial charge in [0.05, 0.1) is 6.10 Å². The highest BCUT2D eigenvalue weighted by molar-refractivity contribution is 7.11. The van der Waals surface area contributed by atoms with Gasteiger partial charge in [-0.1, -0.05) is 5.16 Å². The molecule has 2 aromatic heterocycles. The summed E-state index contributed by atoms with van der Waals surface area (Å²) in [6, 6.07) is 4.33. The minimum absolute atomic E-state index is 0.0352. The Hall–Kier alpha value is -1.24. The van der Waals surface area contributed by atoms with Crippen molar-refractivity contribution in [3.63, 3.8) is 0 Å². The molecule has 0 spiro atoms. The minimum Gasteiger partial charge on any atom is -0.364 e. The van der Waals surface area contributed by atoms with Gasteiger partial charge in [-0.15, -0.1) is 11.3 Å². The number of aromatic nitrogens is 2. The van der Waals surface area contributed by atoms with Gasteiger partial charge in [0.25, 0.3) is 5.89 Å². The van der Waals surface area contributed by atoms with Gasteiger partial charge in [0.1, 0.15) is 6.10 Å². The number of nitrogens with one attached hydrogen (secondary N) is 1. The third-order valence-corrected chi connectivity index (χ3v) is 4.39. The van der Waals surface area contributed by atoms with E-state index in [1.807, 2.05) is 18.3 Å². The first-order valence-electron chi connectivity index (χ1n) is 6.92. The fourth-order valence-corrected chi connectivity index (χ4v) is 3.28. The molecule has 0 bridgehead atoms. The highest BCUT2D eigenvalue weighted by Gasteiger charge is 2.30. The lowest BCUT2D eigenvalue weighted by Crippen LogP contribution is -2.25. The molecule has 5 nitrogen and oxygen atoms in total. The average Bonchev–Trinajstić information content (AvgIpc) is 3.11. The highest BCUT2D eigenvalue weighted by Crippen LogP contribution is 2.31. The largest absolute Gasteiger partial charge is 0.364 e. The van der Waals surface area contributed by atoms with Crippen LogP contribution in [0, 0.1) is 13.8 Å². The van der Waals surface area contributed by atoms with E-state index in [0.29, 0.717) is 11.7 Å². The summed E-state index contributed by atoms with van der Waals surface area (Å²) in [5.41, 5.74) is 0. The smallest absolute Gasteiger partial charge is 0.255 e. The summed E-state index contributed by atoms with van der Waals surface area (Å²) in [5.74, 6) is 1.28. The molecular formula is C14H19N3O2S. The summed E-state index contributed by atoms with van der Waals surface area (Å²) in [6.07, 6.45) is 2.18. The second-order valence-electron chi connectivity index (χ2n) is 5.15. The number of rotatable bonds is 5. The zero-order valence-corrected chi connectivity index (χ0v) is 12.6. The van der Waals surface area contributed by atoms with Gasteiger partial charge < -0.3 is 14.6 Å². The summed E-state index contributed by atoms with van der Waals surface area (Å²) in [6.45, 7) is 5.72. The molecule has 0 amide bonds. The summed E-state index contributed by atoms with van der Waals surface area (Å²) >= 11 is 1.83. The predicted octanol–water partition coefficient (Wildman–Crippen LogP) is 2.76. The molecule has 108 valence electrons. The number of thiophene rings is 1. The van der Waals surface area contributed by atoms with Gasteiger partial charge >= 0.3 is 0 Å². The van der Waals surface area contributed by atoms with Gasteiger partial charge in [-0.25, -0.2) is 0 Å². The zero-order valence-electron chi connectivity index (χ0n) is 11.8. The highest BCUT2D eigenvalue weighted by atomic mass is 32.1. The number of nitrogens with zero attached hydrogens (tertiary/aromatic N) is 2. The first-order valence-corrected chi connectivity index (χ1v) is 7.74. The predicted molar refractivity (Wildman–Crippen MR) is 76.6 cm³/mol. The van der Waals surface area contributed by atoms with E-state index < -0.39 is 0 Å². The van der Waals surface area contributed by atoms with Gasteiger partial charge in [0.2, 0.25) is 0 Å². The minimum atomic E-state index is -0.0352. The molecule has 6 heteroatoms. The maximum atomic E-state index is 5.95. The summed E-state index contributed by atoms with van der Waals surface area (Å²) in [7, 11) is 0. The van der Waals surface area contributed by atoms with Crippen molar-refractivity contribution in [1.29, 1.82) is 0 Å². The maximum absolute atomic E-state index is 5.95. The first kappa shape index (κ1) is 13.7. The second kappa shape index (κ2) is 6.03. The summed E-state index contributed by atoms with van der Waals surface area (Å²) < 4.78 is 11.1. The Morgan fingerprint density at radius 3 is 2.95 bits per heavy atom. The van der Waals surface area contributed by atoms with E-state index in [9.17, 15) is 0 Å². The van der Waals surface area contributed by atoms with Crippen LogP contribution in [0.15, 0.2) is 16.7 Å². The molecule has 0 saturated carbocycles. The van der Waals surface area contributed by atoms with Crippen molar-refractivity contribution < 1.29 is 9.26 Å². The lowest BCUT2D eigenvalue weighted by molar-refractivity contribution is 0.0264. The van der Waals surface area contributed by atoms with Crippen molar-refractivity contribution in [2.24, 2.45) is 0 Å². The summed E-state index contributed by atoms with van der Waals surface area (Å²) in [4.78, 5) is 6.95. The third kappa shape index (κ3) is 3.26.